The van der Waals surface area contributed by atoms with Crippen molar-refractivity contribution in [3.63, 3.8) is 0 Å². The predicted molar refractivity (Wildman–Crippen MR) is 377 cm³/mol. The van der Waals surface area contributed by atoms with Crippen LogP contribution in [0.5, 0.6) is 0 Å². The van der Waals surface area contributed by atoms with Gasteiger partial charge in [-0.25, -0.2) is 0 Å². The molecule has 0 unspecified atom stereocenters. The van der Waals surface area contributed by atoms with Gasteiger partial charge in [0, 0.05) is 27.7 Å². The molecular weight excluding hydrogens is 1670 g/mol. The van der Waals surface area contributed by atoms with Crippen LogP contribution in [-0.2, 0) is 104 Å². The van der Waals surface area contributed by atoms with Crippen molar-refractivity contribution in [1.82, 2.24) is 21.3 Å². The molecule has 4 amide bonds. The van der Waals surface area contributed by atoms with Crippen molar-refractivity contribution in [2.45, 2.75) is 335 Å². The fraction of sp³-hybridized carbons (Fsp3) is 0.941. The van der Waals surface area contributed by atoms with E-state index in [1.807, 2.05) is 0 Å². The minimum Gasteiger partial charge on any atom is -0.394 e. The summed E-state index contributed by atoms with van der Waals surface area (Å²) >= 11 is 0. The van der Waals surface area contributed by atoms with Gasteiger partial charge in [-0.1, -0.05) is 0 Å². The molecule has 0 radical (unpaired) electrons. The second-order valence-electron chi connectivity index (χ2n) is 30.8. The summed E-state index contributed by atoms with van der Waals surface area (Å²) in [6, 6.07) is -7.53. The average molecular weight is 1790 g/mol. The Morgan fingerprint density at radius 1 is 0.303 bits per heavy atom. The maximum absolute atomic E-state index is 13.2. The first-order chi connectivity index (χ1) is 57.6. The third-order valence-corrected chi connectivity index (χ3v) is 22.1. The Labute approximate surface area is 691 Å². The van der Waals surface area contributed by atoms with Crippen molar-refractivity contribution in [2.75, 3.05) is 66.1 Å². The van der Waals surface area contributed by atoms with E-state index in [1.54, 1.807) is 0 Å². The number of ether oxygens (including phenoxy) is 18. The van der Waals surface area contributed by atoms with E-state index in [2.05, 4.69) is 21.3 Å². The topological polar surface area (TPSA) is 849 Å². The summed E-state index contributed by atoms with van der Waals surface area (Å²) in [6.45, 7) is -5.85. The van der Waals surface area contributed by atoms with Crippen LogP contribution in [0.1, 0.15) is 34.6 Å². The standard InChI is InChI=1S/C68H116N4O50/c1-16-34(85)44(95)49(100)63(108-16)105-13-22(84)54(35(86)21(6-73)69-17(2)80)117-61-32(71-19(4)82)42(93)57(28(12-79)113-61)120-67-53(104)58(121-68-59(48(99)38(89)25(9-76)111-68)122-62-33(72-20(5)83)43(94)56(27(11-78)114-62)119-66-52(103)46(97)37(88)24(8-75)110-66)40(91)30(116-67)15-107-64-50(101)47(98)39(90)29(115-64)14-106-60-31(70-18(3)81)41(92)55(26(10-77)112-60)118-65-51(102)45(96)36(87)23(7-74)109-65/h16,21-68,73-79,84-104H,6-15H2,1-5H3,(H,69,80)(H,70,81)(H,71,82)(H,72,83)/t16-,21-,22+,23+,24+,25+,26+,27+,28+,29+,30+,31+,32+,33+,34+,35+,36-,37-,38+,39+,40+,41+,42+,43+,44+,45-,46-,47-,48-,49-,50-,51+,52+,53-,54+,55+,56+,57+,58-,59-,60+,61-,62-,63+,64-,65-,66-,67-,68+/m0/s1. The van der Waals surface area contributed by atoms with Gasteiger partial charge in [0.1, 0.15) is 232 Å². The van der Waals surface area contributed by atoms with Crippen molar-refractivity contribution in [3.8, 4) is 0 Å². The number of aliphatic hydroxyl groups is 28. The van der Waals surface area contributed by atoms with Crippen LogP contribution < -0.4 is 21.3 Å². The van der Waals surface area contributed by atoms with Gasteiger partial charge in [0.2, 0.25) is 23.6 Å². The summed E-state index contributed by atoms with van der Waals surface area (Å²) in [5.41, 5.74) is 0. The van der Waals surface area contributed by atoms with E-state index in [1.165, 1.54) is 6.92 Å². The lowest BCUT2D eigenvalue weighted by atomic mass is 9.94. The number of carbonyl (C=O) groups is 4. The van der Waals surface area contributed by atoms with Gasteiger partial charge in [0.15, 0.2) is 56.6 Å². The van der Waals surface area contributed by atoms with Crippen LogP contribution in [0.2, 0.25) is 0 Å². The highest BCUT2D eigenvalue weighted by Crippen LogP contribution is 2.40. The lowest BCUT2D eigenvalue weighted by molar-refractivity contribution is -0.397. The van der Waals surface area contributed by atoms with Gasteiger partial charge < -0.3 is 250 Å². The molecule has 9 heterocycles. The van der Waals surface area contributed by atoms with Crippen LogP contribution in [0, 0.1) is 0 Å². The molecule has 9 aliphatic rings. The highest BCUT2D eigenvalue weighted by Gasteiger charge is 2.61. The average Bonchev–Trinajstić information content (AvgIpc) is 0.761. The Morgan fingerprint density at radius 3 is 1.07 bits per heavy atom. The molecule has 0 aromatic rings. The molecule has 0 aromatic heterocycles. The molecule has 9 fully saturated rings. The molecular formula is C68H116N4O50. The SMILES string of the molecule is CC(=O)N[C@H]1[C@H](O[C@@H]([C@H](O)[C@H](CO)NC(C)=O)[C@H](O)CO[C@@H]2O[C@@H](C)[C@@H](O)[C@@H](O)[C@@H]2O)O[C@H](CO)[C@@H](O[C@@H]2O[C@H](CO[C@H]3O[C@H](CO[C@@H]4O[C@H](CO)[C@@H](O[C@@H]5O[C@H](CO)[C@H](O)[C@H](O)[C@H]5O)[C@H](O)[C@H]4NC(C)=O)[C@@H](O)[C@H](O)[C@@H]3O)[C@@H](O)[C@H](O[C@H]3O[C@H](CO)[C@@H](O)[C@H](O)[C@@H]3O[C@@H]3O[C@H](CO)[C@@H](O[C@@H]4O[C@H](CO)[C@H](O)[C@H](O)[C@H]4O)[C@H](O)[C@H]3NC(C)=O)[C@@H]2O)[C@@H]1O. The van der Waals surface area contributed by atoms with Gasteiger partial charge in [-0.2, -0.15) is 0 Å². The molecule has 54 heteroatoms. The van der Waals surface area contributed by atoms with E-state index in [4.69, 9.17) is 85.3 Å². The normalized spacial score (nSPS) is 47.0. The van der Waals surface area contributed by atoms with E-state index >= 15 is 0 Å². The summed E-state index contributed by atoms with van der Waals surface area (Å²) in [5, 5.41) is 320. The van der Waals surface area contributed by atoms with E-state index in [0.717, 1.165) is 27.7 Å². The molecule has 32 N–H and O–H groups in total. The lowest BCUT2D eigenvalue weighted by Gasteiger charge is -2.51. The van der Waals surface area contributed by atoms with E-state index in [0.29, 0.717) is 0 Å². The quantitative estimate of drug-likeness (QED) is 0.0280. The Hall–Kier alpha value is -3.96. The smallest absolute Gasteiger partial charge is 0.217 e. The lowest BCUT2D eigenvalue weighted by Crippen LogP contribution is -2.70. The van der Waals surface area contributed by atoms with Gasteiger partial charge in [-0.05, 0) is 6.92 Å². The zero-order chi connectivity index (χ0) is 90.2. The Balaban J connectivity index is 1.02. The Bertz CT molecular complexity index is 3230. The molecule has 0 bridgehead atoms. The number of nitrogens with one attached hydrogen (secondary N) is 4. The number of hydrogen-bond acceptors (Lipinski definition) is 50. The molecule has 9 rings (SSSR count). The van der Waals surface area contributed by atoms with E-state index in [-0.39, 0.29) is 0 Å². The number of amides is 4. The van der Waals surface area contributed by atoms with Crippen molar-refractivity contribution in [1.29, 1.82) is 0 Å². The molecule has 708 valence electrons. The molecule has 54 nitrogen and oxygen atoms in total. The molecule has 9 saturated heterocycles. The van der Waals surface area contributed by atoms with Crippen LogP contribution >= 0.6 is 0 Å². The number of rotatable bonds is 35. The number of aliphatic hydroxyl groups excluding tert-OH is 28. The summed E-state index contributed by atoms with van der Waals surface area (Å²) in [5.74, 6) is -3.72. The summed E-state index contributed by atoms with van der Waals surface area (Å²) in [6.07, 6.45) is -93.3. The zero-order valence-electron chi connectivity index (χ0n) is 65.9. The van der Waals surface area contributed by atoms with Crippen molar-refractivity contribution in [3.05, 3.63) is 0 Å². The van der Waals surface area contributed by atoms with Crippen molar-refractivity contribution in [2.24, 2.45) is 0 Å². The Morgan fingerprint density at radius 2 is 0.631 bits per heavy atom. The van der Waals surface area contributed by atoms with Gasteiger partial charge in [-0.15, -0.1) is 0 Å². The summed E-state index contributed by atoms with van der Waals surface area (Å²) in [7, 11) is 0. The third-order valence-electron chi connectivity index (χ3n) is 22.1. The van der Waals surface area contributed by atoms with Crippen molar-refractivity contribution >= 4 is 23.6 Å². The monoisotopic (exact) mass is 1790 g/mol. The molecule has 9 aliphatic heterocycles. The maximum Gasteiger partial charge on any atom is 0.217 e. The molecule has 0 aliphatic carbocycles. The fourth-order valence-electron chi connectivity index (χ4n) is 15.3. The Kier molecular flexibility index (Phi) is 37.6. The minimum absolute atomic E-state index is 0.863. The minimum atomic E-state index is -2.62. The van der Waals surface area contributed by atoms with Crippen LogP contribution in [0.25, 0.3) is 0 Å². The van der Waals surface area contributed by atoms with Crippen LogP contribution in [0.15, 0.2) is 0 Å². The second-order valence-corrected chi connectivity index (χ2v) is 30.8. The number of carbonyl (C=O) groups excluding carboxylic acids is 4. The van der Waals surface area contributed by atoms with Gasteiger partial charge in [-0.3, -0.25) is 19.2 Å². The summed E-state index contributed by atoms with van der Waals surface area (Å²) in [4.78, 5) is 51.1. The highest BCUT2D eigenvalue weighted by molar-refractivity contribution is 5.74. The largest absolute Gasteiger partial charge is 0.394 e. The van der Waals surface area contributed by atoms with E-state index < -0.39 is 390 Å². The number of hydrogen-bond donors (Lipinski definition) is 32. The third kappa shape index (κ3) is 23.2. The zero-order valence-corrected chi connectivity index (χ0v) is 65.9. The predicted octanol–water partition coefficient (Wildman–Crippen LogP) is -21.6. The highest BCUT2D eigenvalue weighted by atomic mass is 16.8. The summed E-state index contributed by atoms with van der Waals surface area (Å²) < 4.78 is 106. The molecule has 0 spiro atoms. The molecule has 0 aromatic carbocycles. The van der Waals surface area contributed by atoms with Crippen molar-refractivity contribution < 1.29 is 247 Å². The van der Waals surface area contributed by atoms with Crippen LogP contribution in [0.4, 0.5) is 0 Å². The first-order valence-electron chi connectivity index (χ1n) is 38.9. The van der Waals surface area contributed by atoms with Gasteiger partial charge in [0.25, 0.3) is 0 Å². The molecule has 49 atom stereocenters. The van der Waals surface area contributed by atoms with Gasteiger partial charge >= 0.3 is 0 Å². The van der Waals surface area contributed by atoms with E-state index in [9.17, 15) is 162 Å². The first kappa shape index (κ1) is 102. The second kappa shape index (κ2) is 45.0. The van der Waals surface area contributed by atoms with Crippen LogP contribution in [-0.4, -0.2) is 533 Å². The van der Waals surface area contributed by atoms with Gasteiger partial charge in [0.05, 0.1) is 78.2 Å². The van der Waals surface area contributed by atoms with Crippen LogP contribution in [0.3, 0.4) is 0 Å². The maximum atomic E-state index is 13.2. The molecule has 122 heavy (non-hydrogen) atoms. The molecule has 0 saturated carbocycles. The fourth-order valence-corrected chi connectivity index (χ4v) is 15.3. The first-order valence-corrected chi connectivity index (χ1v) is 38.9.